The van der Waals surface area contributed by atoms with Crippen LogP contribution in [0.5, 0.6) is 0 Å². The first-order valence-electron chi connectivity index (χ1n) is 7.63. The zero-order chi connectivity index (χ0) is 15.7. The van der Waals surface area contributed by atoms with Crippen LogP contribution in [0.1, 0.15) is 50.9 Å². The minimum atomic E-state index is 0.407. The van der Waals surface area contributed by atoms with Crippen LogP contribution >= 0.6 is 0 Å². The maximum atomic E-state index is 4.66. The average molecular weight is 295 g/mol. The molecular weight excluding hydrogens is 274 g/mol. The Hall–Kier alpha value is -2.43. The second-order valence-corrected chi connectivity index (χ2v) is 6.03. The van der Waals surface area contributed by atoms with Gasteiger partial charge in [-0.25, -0.2) is 14.3 Å². The summed E-state index contributed by atoms with van der Waals surface area (Å²) in [4.78, 5) is 4.66. The number of hydrogen-bond acceptors (Lipinski definition) is 3. The van der Waals surface area contributed by atoms with Crippen LogP contribution in [0.2, 0.25) is 0 Å². The van der Waals surface area contributed by atoms with Gasteiger partial charge in [-0.15, -0.1) is 0 Å². The van der Waals surface area contributed by atoms with E-state index in [1.54, 1.807) is 0 Å². The Morgan fingerprint density at radius 2 is 1.18 bits per heavy atom. The molecule has 5 nitrogen and oxygen atoms in total. The summed E-state index contributed by atoms with van der Waals surface area (Å²) in [7, 11) is 0. The second-order valence-electron chi connectivity index (χ2n) is 6.03. The largest absolute Gasteiger partial charge is 0.222 e. The van der Waals surface area contributed by atoms with E-state index >= 15 is 0 Å². The molecule has 0 N–H and O–H groups in total. The monoisotopic (exact) mass is 295 g/mol. The summed E-state index contributed by atoms with van der Waals surface area (Å²) in [6, 6.07) is 9.94. The molecule has 0 bridgehead atoms. The molecule has 0 aromatic carbocycles. The molecule has 0 saturated heterocycles. The van der Waals surface area contributed by atoms with Gasteiger partial charge in [0.15, 0.2) is 11.6 Å². The molecule has 0 radical (unpaired) electrons. The van der Waals surface area contributed by atoms with E-state index in [1.165, 1.54) is 0 Å². The molecule has 5 heteroatoms. The van der Waals surface area contributed by atoms with Gasteiger partial charge in [-0.05, 0) is 36.1 Å². The molecule has 3 rings (SSSR count). The minimum absolute atomic E-state index is 0.407. The van der Waals surface area contributed by atoms with Crippen molar-refractivity contribution in [2.24, 2.45) is 0 Å². The summed E-state index contributed by atoms with van der Waals surface area (Å²) in [5.74, 6) is 2.41. The lowest BCUT2D eigenvalue weighted by Crippen LogP contribution is -2.05. The molecule has 114 valence electrons. The van der Waals surface area contributed by atoms with Crippen molar-refractivity contribution >= 4 is 0 Å². The Kier molecular flexibility index (Phi) is 3.79. The highest BCUT2D eigenvalue weighted by Gasteiger charge is 2.09. The van der Waals surface area contributed by atoms with Crippen molar-refractivity contribution in [1.82, 2.24) is 24.5 Å². The van der Waals surface area contributed by atoms with Gasteiger partial charge in [0.2, 0.25) is 0 Å². The molecule has 0 unspecified atom stereocenters. The number of aromatic nitrogens is 5. The molecule has 0 atom stereocenters. The number of pyridine rings is 1. The van der Waals surface area contributed by atoms with E-state index in [-0.39, 0.29) is 0 Å². The SMILES string of the molecule is CC(C)c1ccn(-c2cccc(-n3ccc(C(C)C)n3)n2)n1. The van der Waals surface area contributed by atoms with Gasteiger partial charge in [-0.1, -0.05) is 33.8 Å². The molecule has 3 heterocycles. The van der Waals surface area contributed by atoms with Crippen LogP contribution in [0.25, 0.3) is 11.6 Å². The lowest BCUT2D eigenvalue weighted by Gasteiger charge is -2.05. The van der Waals surface area contributed by atoms with Crippen LogP contribution in [-0.4, -0.2) is 24.5 Å². The molecule has 0 saturated carbocycles. The molecule has 0 amide bonds. The first-order chi connectivity index (χ1) is 10.5. The quantitative estimate of drug-likeness (QED) is 0.737. The summed E-state index contributed by atoms with van der Waals surface area (Å²) < 4.78 is 3.62. The summed E-state index contributed by atoms with van der Waals surface area (Å²) in [6.45, 7) is 8.53. The molecule has 0 spiro atoms. The van der Waals surface area contributed by atoms with Gasteiger partial charge in [0.1, 0.15) is 0 Å². The molecule has 0 aliphatic heterocycles. The van der Waals surface area contributed by atoms with Gasteiger partial charge >= 0.3 is 0 Å². The first kappa shape index (κ1) is 14.5. The Morgan fingerprint density at radius 3 is 1.55 bits per heavy atom. The summed E-state index contributed by atoms with van der Waals surface area (Å²) >= 11 is 0. The van der Waals surface area contributed by atoms with Crippen molar-refractivity contribution in [3.8, 4) is 11.6 Å². The average Bonchev–Trinajstić information content (AvgIpc) is 3.17. The van der Waals surface area contributed by atoms with Crippen LogP contribution in [0.15, 0.2) is 42.7 Å². The van der Waals surface area contributed by atoms with E-state index in [9.17, 15) is 0 Å². The molecular formula is C17H21N5. The molecule has 3 aromatic rings. The fourth-order valence-electron chi connectivity index (χ4n) is 2.21. The van der Waals surface area contributed by atoms with Crippen molar-refractivity contribution in [3.05, 3.63) is 54.1 Å². The van der Waals surface area contributed by atoms with Crippen LogP contribution in [0.4, 0.5) is 0 Å². The predicted molar refractivity (Wildman–Crippen MR) is 86.7 cm³/mol. The zero-order valence-corrected chi connectivity index (χ0v) is 13.4. The maximum absolute atomic E-state index is 4.66. The van der Waals surface area contributed by atoms with Crippen LogP contribution in [0, 0.1) is 0 Å². The topological polar surface area (TPSA) is 48.5 Å². The standard InChI is InChI=1S/C17H21N5/c1-12(2)14-8-10-21(19-14)16-6-5-7-17(18-16)22-11-9-15(20-22)13(3)4/h5-13H,1-4H3. The second kappa shape index (κ2) is 5.75. The van der Waals surface area contributed by atoms with Crippen LogP contribution in [-0.2, 0) is 0 Å². The molecule has 0 aliphatic carbocycles. The molecule has 0 aliphatic rings. The highest BCUT2D eigenvalue weighted by molar-refractivity contribution is 5.31. The normalized spacial score (nSPS) is 11.5. The maximum Gasteiger partial charge on any atom is 0.155 e. The lowest BCUT2D eigenvalue weighted by atomic mass is 10.1. The molecule has 3 aromatic heterocycles. The summed E-state index contributed by atoms with van der Waals surface area (Å²) in [6.07, 6.45) is 3.90. The zero-order valence-electron chi connectivity index (χ0n) is 13.4. The van der Waals surface area contributed by atoms with E-state index in [0.29, 0.717) is 11.8 Å². The van der Waals surface area contributed by atoms with Gasteiger partial charge in [0, 0.05) is 12.4 Å². The highest BCUT2D eigenvalue weighted by Crippen LogP contribution is 2.16. The van der Waals surface area contributed by atoms with E-state index < -0.39 is 0 Å². The van der Waals surface area contributed by atoms with Gasteiger partial charge in [-0.2, -0.15) is 10.2 Å². The van der Waals surface area contributed by atoms with Crippen LogP contribution < -0.4 is 0 Å². The van der Waals surface area contributed by atoms with Crippen molar-refractivity contribution in [3.63, 3.8) is 0 Å². The van der Waals surface area contributed by atoms with Gasteiger partial charge < -0.3 is 0 Å². The Balaban J connectivity index is 1.94. The predicted octanol–water partition coefficient (Wildman–Crippen LogP) is 3.70. The van der Waals surface area contributed by atoms with E-state index in [0.717, 1.165) is 23.0 Å². The van der Waals surface area contributed by atoms with E-state index in [1.807, 2.05) is 52.1 Å². The van der Waals surface area contributed by atoms with Crippen molar-refractivity contribution in [1.29, 1.82) is 0 Å². The van der Waals surface area contributed by atoms with Crippen molar-refractivity contribution < 1.29 is 0 Å². The minimum Gasteiger partial charge on any atom is -0.222 e. The smallest absolute Gasteiger partial charge is 0.155 e. The Labute approximate surface area is 130 Å². The summed E-state index contributed by atoms with van der Waals surface area (Å²) in [5.41, 5.74) is 2.13. The van der Waals surface area contributed by atoms with Crippen LogP contribution in [0.3, 0.4) is 0 Å². The third kappa shape index (κ3) is 2.79. The highest BCUT2D eigenvalue weighted by atomic mass is 15.3. The number of hydrogen-bond donors (Lipinski definition) is 0. The third-order valence-electron chi connectivity index (χ3n) is 3.59. The first-order valence-corrected chi connectivity index (χ1v) is 7.63. The Morgan fingerprint density at radius 1 is 0.727 bits per heavy atom. The van der Waals surface area contributed by atoms with E-state index in [2.05, 4.69) is 42.9 Å². The van der Waals surface area contributed by atoms with Gasteiger partial charge in [0.25, 0.3) is 0 Å². The molecule has 0 fully saturated rings. The van der Waals surface area contributed by atoms with Gasteiger partial charge in [0.05, 0.1) is 11.4 Å². The fraction of sp³-hybridized carbons (Fsp3) is 0.353. The fourth-order valence-corrected chi connectivity index (χ4v) is 2.21. The van der Waals surface area contributed by atoms with Crippen molar-refractivity contribution in [2.45, 2.75) is 39.5 Å². The van der Waals surface area contributed by atoms with Crippen molar-refractivity contribution in [2.75, 3.05) is 0 Å². The van der Waals surface area contributed by atoms with E-state index in [4.69, 9.17) is 0 Å². The molecule has 22 heavy (non-hydrogen) atoms. The number of rotatable bonds is 4. The number of nitrogens with zero attached hydrogens (tertiary/aromatic N) is 5. The summed E-state index contributed by atoms with van der Waals surface area (Å²) in [5, 5.41) is 9.15. The Bertz CT molecular complexity index is 705. The lowest BCUT2D eigenvalue weighted by molar-refractivity contribution is 0.738. The third-order valence-corrected chi connectivity index (χ3v) is 3.59. The van der Waals surface area contributed by atoms with Gasteiger partial charge in [-0.3, -0.25) is 0 Å².